The van der Waals surface area contributed by atoms with Crippen molar-refractivity contribution < 1.29 is 91.2 Å². The first-order valence-electron chi connectivity index (χ1n) is 29.1. The van der Waals surface area contributed by atoms with Gasteiger partial charge in [-0.05, 0) is 104 Å². The summed E-state index contributed by atoms with van der Waals surface area (Å²) in [6, 6.07) is 13.3. The van der Waals surface area contributed by atoms with E-state index in [1.807, 2.05) is 0 Å². The zero-order chi connectivity index (χ0) is 64.9. The summed E-state index contributed by atoms with van der Waals surface area (Å²) < 4.78 is 52.1. The Balaban J connectivity index is 0.991. The maximum atomic E-state index is 14.4. The highest BCUT2D eigenvalue weighted by Crippen LogP contribution is 2.44. The average molecular weight is 1250 g/mol. The van der Waals surface area contributed by atoms with Gasteiger partial charge in [0.15, 0.2) is 35.5 Å². The van der Waals surface area contributed by atoms with Gasteiger partial charge >= 0.3 is 24.2 Å². The molecule has 8 rings (SSSR count). The maximum absolute atomic E-state index is 14.4. The Morgan fingerprint density at radius 2 is 1.43 bits per heavy atom. The molecule has 7 amide bonds. The van der Waals surface area contributed by atoms with Crippen LogP contribution in [0.4, 0.5) is 31.4 Å². The van der Waals surface area contributed by atoms with Crippen molar-refractivity contribution in [3.63, 3.8) is 0 Å². The summed E-state index contributed by atoms with van der Waals surface area (Å²) in [4.78, 5) is 111. The number of hydrogen-bond donors (Lipinski definition) is 6. The van der Waals surface area contributed by atoms with Gasteiger partial charge in [-0.15, -0.1) is 0 Å². The van der Waals surface area contributed by atoms with Crippen LogP contribution >= 0.6 is 0 Å². The molecule has 26 heteroatoms. The van der Waals surface area contributed by atoms with Crippen LogP contribution < -0.4 is 45.1 Å². The van der Waals surface area contributed by atoms with Crippen LogP contribution in [0.2, 0.25) is 0 Å². The maximum Gasteiger partial charge on any atom is 0.414 e. The molecule has 0 aliphatic carbocycles. The van der Waals surface area contributed by atoms with E-state index in [1.165, 1.54) is 75.6 Å². The lowest BCUT2D eigenvalue weighted by Gasteiger charge is -2.37. The van der Waals surface area contributed by atoms with E-state index in [4.69, 9.17) is 42.6 Å². The predicted octanol–water partition coefficient (Wildman–Crippen LogP) is 7.68. The zero-order valence-electron chi connectivity index (χ0n) is 51.0. The number of ether oxygens (including phenoxy) is 9. The van der Waals surface area contributed by atoms with Crippen LogP contribution in [0.15, 0.2) is 104 Å². The van der Waals surface area contributed by atoms with Crippen molar-refractivity contribution >= 4 is 64.9 Å². The minimum Gasteiger partial charge on any atom is -0.493 e. The summed E-state index contributed by atoms with van der Waals surface area (Å²) in [5.41, 5.74) is 3.17. The quantitative estimate of drug-likeness (QED) is 0.0222. The van der Waals surface area contributed by atoms with E-state index in [-0.39, 0.29) is 103 Å². The van der Waals surface area contributed by atoms with Gasteiger partial charge in [-0.2, -0.15) is 0 Å². The molecule has 4 aromatic rings. The number of alkyl carbamates (subject to hydrolysis) is 1. The Hall–Kier alpha value is -9.66. The second kappa shape index (κ2) is 30.0. The highest BCUT2D eigenvalue weighted by Gasteiger charge is 2.48. The fourth-order valence-electron chi connectivity index (χ4n) is 10.8. The number of likely N-dealkylation sites (tertiary alicyclic amines) is 1. The number of nitrogens with one attached hydrogen (secondary N) is 4. The molecule has 0 aromatic heterocycles. The summed E-state index contributed by atoms with van der Waals surface area (Å²) in [5, 5.41) is 31.6. The number of rotatable bonds is 24. The molecule has 4 aliphatic heterocycles. The molecule has 480 valence electrons. The third kappa shape index (κ3) is 16.0. The number of aliphatic hydroxyl groups excluding tert-OH is 1. The van der Waals surface area contributed by atoms with Crippen LogP contribution in [0.3, 0.4) is 0 Å². The molecule has 90 heavy (non-hydrogen) atoms. The van der Waals surface area contributed by atoms with Crippen molar-refractivity contribution in [1.29, 1.82) is 0 Å². The lowest BCUT2D eigenvalue weighted by molar-refractivity contribution is -0.195. The number of carbonyl (C=O) groups excluding carboxylic acids is 7. The number of aliphatic hydroxyl groups is 1. The highest BCUT2D eigenvalue weighted by molar-refractivity contribution is 6.06. The Morgan fingerprint density at radius 3 is 2.06 bits per heavy atom. The average Bonchev–Trinajstić information content (AvgIpc) is 1.59. The Bertz CT molecular complexity index is 3400. The number of nitrogens with zero attached hydrogens (tertiary/aromatic N) is 3. The van der Waals surface area contributed by atoms with E-state index in [0.29, 0.717) is 53.8 Å². The number of amides is 7. The first-order valence-corrected chi connectivity index (χ1v) is 29.1. The molecule has 0 radical (unpaired) electrons. The van der Waals surface area contributed by atoms with Crippen molar-refractivity contribution in [1.82, 2.24) is 20.4 Å². The highest BCUT2D eigenvalue weighted by atomic mass is 16.7. The van der Waals surface area contributed by atoms with Gasteiger partial charge in [0.1, 0.15) is 38.5 Å². The predicted molar refractivity (Wildman–Crippen MR) is 325 cm³/mol. The van der Waals surface area contributed by atoms with Gasteiger partial charge in [0, 0.05) is 37.5 Å². The summed E-state index contributed by atoms with van der Waals surface area (Å²) in [6.07, 6.45) is -0.857. The first-order chi connectivity index (χ1) is 43.1. The third-order valence-corrected chi connectivity index (χ3v) is 15.3. The lowest BCUT2D eigenvalue weighted by atomic mass is 10.0. The van der Waals surface area contributed by atoms with Crippen molar-refractivity contribution in [2.75, 3.05) is 69.8 Å². The Labute approximate surface area is 519 Å². The van der Waals surface area contributed by atoms with Crippen LogP contribution in [0.1, 0.15) is 101 Å². The fraction of sp³-hybridized carbons (Fsp3) is 0.406. The molecule has 0 spiro atoms. The number of anilines is 3. The normalized spacial score (nSPS) is 18.4. The molecule has 3 saturated heterocycles. The number of methoxy groups -OCH3 is 3. The van der Waals surface area contributed by atoms with E-state index in [2.05, 4.69) is 41.0 Å². The summed E-state index contributed by atoms with van der Waals surface area (Å²) in [7, 11) is 3.94. The van der Waals surface area contributed by atoms with Gasteiger partial charge in [0.25, 0.3) is 11.8 Å². The van der Waals surface area contributed by atoms with E-state index < -0.39 is 84.6 Å². The minimum absolute atomic E-state index is 0.00543. The largest absolute Gasteiger partial charge is 0.493 e. The number of benzene rings is 4. The molecule has 6 N–H and O–H groups in total. The van der Waals surface area contributed by atoms with E-state index in [1.54, 1.807) is 49.1 Å². The van der Waals surface area contributed by atoms with Crippen LogP contribution in [-0.2, 0) is 53.1 Å². The molecular formula is C64H75N7O19. The second-order valence-electron chi connectivity index (χ2n) is 22.2. The van der Waals surface area contributed by atoms with Gasteiger partial charge in [-0.25, -0.2) is 24.1 Å². The molecular weight excluding hydrogens is 1170 g/mol. The number of fused-ring (bicyclic) bond motifs is 2. The monoisotopic (exact) mass is 1250 g/mol. The molecule has 26 nitrogen and oxygen atoms in total. The van der Waals surface area contributed by atoms with Gasteiger partial charge in [-0.1, -0.05) is 62.9 Å². The second-order valence-corrected chi connectivity index (χ2v) is 22.2. The van der Waals surface area contributed by atoms with E-state index in [9.17, 15) is 48.6 Å². The van der Waals surface area contributed by atoms with Crippen molar-refractivity contribution in [2.24, 2.45) is 5.92 Å². The molecule has 3 fully saturated rings. The minimum atomic E-state index is -1.38. The SMILES string of the molecule is C=CCOC(=O)N[C@H](C(=O)N[C@@H](C)C(=O)Nc1ccc(COC(=O)Nc2cc(OCc3cc(COc4cc5c(cc4OC)C(=O)N4CC(=C)C[C@H]4[C@H](OC4CCCCO4)N5C(=O)O)cc(C(=O)OC)c3)c(OC)cc2C(=O)N2CC(=C)C[C@H]2CO)cc1)C(C)C. The molecule has 1 unspecified atom stereocenters. The van der Waals surface area contributed by atoms with Crippen LogP contribution in [0, 0.1) is 5.92 Å². The molecule has 0 saturated carbocycles. The van der Waals surface area contributed by atoms with Crippen molar-refractivity contribution in [3.05, 3.63) is 137 Å². The van der Waals surface area contributed by atoms with Crippen molar-refractivity contribution in [3.8, 4) is 23.0 Å². The van der Waals surface area contributed by atoms with E-state index >= 15 is 0 Å². The van der Waals surface area contributed by atoms with Crippen LogP contribution in [0.25, 0.3) is 0 Å². The Kier molecular flexibility index (Phi) is 22.1. The number of hydrogen-bond acceptors (Lipinski definition) is 18. The summed E-state index contributed by atoms with van der Waals surface area (Å²) >= 11 is 0. The third-order valence-electron chi connectivity index (χ3n) is 15.3. The molecule has 4 aliphatic rings. The van der Waals surface area contributed by atoms with Gasteiger partial charge < -0.3 is 78.6 Å². The lowest BCUT2D eigenvalue weighted by Crippen LogP contribution is -2.53. The molecule has 0 bridgehead atoms. The van der Waals surface area contributed by atoms with Gasteiger partial charge in [0.05, 0.1) is 68.1 Å². The summed E-state index contributed by atoms with van der Waals surface area (Å²) in [6.45, 7) is 16.1. The van der Waals surface area contributed by atoms with Crippen LogP contribution in [-0.4, -0.2) is 159 Å². The van der Waals surface area contributed by atoms with E-state index in [0.717, 1.165) is 23.3 Å². The molecule has 4 aromatic carbocycles. The number of carbonyl (C=O) groups is 8. The zero-order valence-corrected chi connectivity index (χ0v) is 51.0. The standard InChI is InChI=1S/C64H75N7O19/c1-10-18-86-63(79)68-55(35(2)3)57(74)65-38(6)56(73)66-43-16-14-39(15-17-43)32-89-62(78)67-47-27-52(50(82-7)25-45(47)58(75)69-29-36(4)20-44(69)31-72)87-33-40-22-41(24-42(23-40)61(77)84-9)34-88-53-28-48-46(26-51(53)83-8)59(76)70-30-37(5)21-49(70)60(71(48)64(80)81)90-54-13-11-12-19-85-54/h10,14-17,22-28,35,38,44,49,54-55,60,72H,1,4-5,11-13,18-21,29-34H2,2-3,6-9H3,(H,65,74)(H,66,73)(H,67,78)(H,68,79)(H,80,81)/t38-,44-,49-,54?,55-,60-/m0/s1. The fourth-order valence-corrected chi connectivity index (χ4v) is 10.8. The first kappa shape index (κ1) is 66.3. The smallest absolute Gasteiger partial charge is 0.414 e. The topological polar surface area (TPSA) is 318 Å². The molecule has 4 heterocycles. The van der Waals surface area contributed by atoms with Crippen LogP contribution in [0.5, 0.6) is 23.0 Å². The van der Waals surface area contributed by atoms with Crippen molar-refractivity contribution in [2.45, 2.75) is 109 Å². The van der Waals surface area contributed by atoms with Gasteiger partial charge in [0.2, 0.25) is 11.8 Å². The molecule has 6 atom stereocenters. The summed E-state index contributed by atoms with van der Waals surface area (Å²) in [5.74, 6) is -2.93. The number of carboxylic acid groups (broad SMARTS) is 1. The number of esters is 1. The Morgan fingerprint density at radius 1 is 0.756 bits per heavy atom. The van der Waals surface area contributed by atoms with Gasteiger partial charge in [-0.3, -0.25) is 24.5 Å².